The van der Waals surface area contributed by atoms with Gasteiger partial charge in [0, 0.05) is 0 Å². The van der Waals surface area contributed by atoms with Gasteiger partial charge in [-0.2, -0.15) is 0 Å². The van der Waals surface area contributed by atoms with Crippen LogP contribution in [-0.2, 0) is 17.7 Å². The number of halogens is 2. The van der Waals surface area contributed by atoms with Gasteiger partial charge in [-0.15, -0.1) is 12.1 Å². The standard InChI is InChI=1S/C8H4O2.2HI.Ni/c9-5-7-3-1-2-4-8(7)6-10;;;/h1-4H;2*1H;/q-2;;;+4/p-2. The fourth-order valence-corrected chi connectivity index (χ4v) is 0.661. The summed E-state index contributed by atoms with van der Waals surface area (Å²) in [6.07, 6.45) is 3.27. The van der Waals surface area contributed by atoms with Crippen molar-refractivity contribution >= 4 is 53.5 Å². The quantitative estimate of drug-likeness (QED) is 0.399. The van der Waals surface area contributed by atoms with Crippen molar-refractivity contribution in [2.24, 2.45) is 0 Å². The predicted molar refractivity (Wildman–Crippen MR) is 64.1 cm³/mol. The summed E-state index contributed by atoms with van der Waals surface area (Å²) >= 11 is 4.43. The predicted octanol–water partition coefficient (Wildman–Crippen LogP) is 2.37. The van der Waals surface area contributed by atoms with Crippen molar-refractivity contribution in [2.45, 2.75) is 0 Å². The summed E-state index contributed by atoms with van der Waals surface area (Å²) in [4.78, 5) is 20.2. The van der Waals surface area contributed by atoms with Crippen LogP contribution in [0.5, 0.6) is 0 Å². The Hall–Kier alpha value is 0.514. The third-order valence-corrected chi connectivity index (χ3v) is 1.15. The number of carbonyl (C=O) groups excluding carboxylic acids is 2. The minimum absolute atomic E-state index is 0.262. The van der Waals surface area contributed by atoms with Crippen molar-refractivity contribution in [3.63, 3.8) is 0 Å². The Morgan fingerprint density at radius 3 is 1.54 bits per heavy atom. The van der Waals surface area contributed by atoms with E-state index in [0.29, 0.717) is 0 Å². The molecule has 5 heteroatoms. The van der Waals surface area contributed by atoms with Gasteiger partial charge >= 0.3 is 49.0 Å². The Kier molecular flexibility index (Phi) is 9.44. The molecule has 0 heterocycles. The van der Waals surface area contributed by atoms with Gasteiger partial charge in [-0.3, -0.25) is 11.1 Å². The fraction of sp³-hybridized carbons (Fsp3) is 0. The summed E-state index contributed by atoms with van der Waals surface area (Å²) in [5.41, 5.74) is 0.523. The summed E-state index contributed by atoms with van der Waals surface area (Å²) in [6.45, 7) is 0. The van der Waals surface area contributed by atoms with E-state index in [9.17, 15) is 9.59 Å². The maximum absolute atomic E-state index is 10.1. The van der Waals surface area contributed by atoms with Crippen LogP contribution in [0.1, 0.15) is 11.1 Å². The van der Waals surface area contributed by atoms with Gasteiger partial charge in [-0.05, 0) is 12.6 Å². The second kappa shape index (κ2) is 9.08. The molecule has 0 saturated carbocycles. The van der Waals surface area contributed by atoms with E-state index in [1.165, 1.54) is 12.1 Å². The second-order valence-corrected chi connectivity index (χ2v) is 10.1. The molecule has 0 aliphatic heterocycles. The monoisotopic (exact) mass is 444 g/mol. The molecule has 1 aromatic carbocycles. The third-order valence-electron chi connectivity index (χ3n) is 1.15. The molecule has 0 bridgehead atoms. The van der Waals surface area contributed by atoms with Crippen molar-refractivity contribution in [1.29, 1.82) is 0 Å². The zero-order chi connectivity index (χ0) is 10.1. The van der Waals surface area contributed by atoms with E-state index in [1.54, 1.807) is 32.8 Å². The van der Waals surface area contributed by atoms with E-state index in [1.807, 2.05) is 0 Å². The molecule has 72 valence electrons. The molecule has 0 amide bonds. The van der Waals surface area contributed by atoms with Crippen LogP contribution < -0.4 is 0 Å². The molecule has 0 radical (unpaired) electrons. The fourth-order valence-electron chi connectivity index (χ4n) is 0.661. The van der Waals surface area contributed by atoms with Crippen molar-refractivity contribution in [3.8, 4) is 0 Å². The summed E-state index contributed by atoms with van der Waals surface area (Å²) in [6, 6.07) is 6.38. The number of rotatable bonds is 2. The van der Waals surface area contributed by atoms with Gasteiger partial charge < -0.3 is 9.59 Å². The van der Waals surface area contributed by atoms with Crippen LogP contribution in [0.3, 0.4) is 0 Å². The van der Waals surface area contributed by atoms with Crippen molar-refractivity contribution < 1.29 is 17.7 Å². The topological polar surface area (TPSA) is 34.1 Å². The number of hydrogen-bond acceptors (Lipinski definition) is 2. The maximum atomic E-state index is 10.1. The molecule has 0 unspecified atom stereocenters. The average molecular weight is 445 g/mol. The Balaban J connectivity index is 0.000000424. The van der Waals surface area contributed by atoms with Crippen LogP contribution >= 0.6 is 41.0 Å². The number of hydrogen-bond donors (Lipinski definition) is 0. The molecule has 0 N–H and O–H groups in total. The summed E-state index contributed by atoms with van der Waals surface area (Å²) in [5.74, 6) is 0. The first-order valence-corrected chi connectivity index (χ1v) is 9.35. The first-order chi connectivity index (χ1) is 6.29. The minimum atomic E-state index is 0.262. The molecule has 13 heavy (non-hydrogen) atoms. The van der Waals surface area contributed by atoms with E-state index in [4.69, 9.17) is 0 Å². The summed E-state index contributed by atoms with van der Waals surface area (Å²) < 4.78 is 0. The molecule has 2 nitrogen and oxygen atoms in total. The zero-order valence-corrected chi connectivity index (χ0v) is 11.5. The van der Waals surface area contributed by atoms with Crippen LogP contribution in [0.15, 0.2) is 24.3 Å². The zero-order valence-electron chi connectivity index (χ0n) is 6.20. The Morgan fingerprint density at radius 2 is 1.31 bits per heavy atom. The molecule has 0 aliphatic carbocycles. The van der Waals surface area contributed by atoms with Gasteiger partial charge in [-0.25, -0.2) is 12.1 Å². The van der Waals surface area contributed by atoms with E-state index in [0.717, 1.165) is 0 Å². The Morgan fingerprint density at radius 1 is 1.00 bits per heavy atom. The van der Waals surface area contributed by atoms with Gasteiger partial charge in [0.15, 0.2) is 0 Å². The van der Waals surface area contributed by atoms with Crippen LogP contribution in [0.2, 0.25) is 0 Å². The summed E-state index contributed by atoms with van der Waals surface area (Å²) in [7, 11) is 1.56. The molecule has 0 spiro atoms. The molecule has 0 saturated heterocycles. The first kappa shape index (κ1) is 13.5. The summed E-state index contributed by atoms with van der Waals surface area (Å²) in [5, 5.41) is 0. The average Bonchev–Trinajstić information content (AvgIpc) is 2.19. The molecule has 0 atom stereocenters. The van der Waals surface area contributed by atoms with Crippen LogP contribution in [-0.4, -0.2) is 12.6 Å². The van der Waals surface area contributed by atoms with Gasteiger partial charge in [-0.1, -0.05) is 0 Å². The Labute approximate surface area is 105 Å². The second-order valence-electron chi connectivity index (χ2n) is 1.79. The molecule has 0 aromatic heterocycles. The third kappa shape index (κ3) is 5.75. The van der Waals surface area contributed by atoms with Gasteiger partial charge in [0.05, 0.1) is 0 Å². The van der Waals surface area contributed by atoms with Crippen molar-refractivity contribution in [1.82, 2.24) is 0 Å². The molecule has 0 aliphatic rings. The Bertz CT molecular complexity index is 252. The number of benzene rings is 1. The first-order valence-electron chi connectivity index (χ1n) is 2.97. The van der Waals surface area contributed by atoms with E-state index in [-0.39, 0.29) is 11.1 Å². The molecule has 0 fully saturated rings. The van der Waals surface area contributed by atoms with Gasteiger partial charge in [0.2, 0.25) is 0 Å². The SMILES string of the molecule is O=[C-]c1ccccc1[C-]=O.[I][Ni+2][I]. The van der Waals surface area contributed by atoms with Gasteiger partial charge in [0.25, 0.3) is 0 Å². The molecular formula is C8H4I2NiO2. The van der Waals surface area contributed by atoms with E-state index < -0.39 is 0 Å². The van der Waals surface area contributed by atoms with E-state index >= 15 is 0 Å². The van der Waals surface area contributed by atoms with Gasteiger partial charge in [0.1, 0.15) is 0 Å². The van der Waals surface area contributed by atoms with Crippen molar-refractivity contribution in [3.05, 3.63) is 35.4 Å². The van der Waals surface area contributed by atoms with Crippen molar-refractivity contribution in [2.75, 3.05) is 0 Å². The molecular weight excluding hydrogens is 441 g/mol. The van der Waals surface area contributed by atoms with Crippen LogP contribution in [0.4, 0.5) is 0 Å². The van der Waals surface area contributed by atoms with Crippen LogP contribution in [0.25, 0.3) is 0 Å². The van der Waals surface area contributed by atoms with Crippen LogP contribution in [0, 0.1) is 0 Å². The van der Waals surface area contributed by atoms with E-state index in [2.05, 4.69) is 41.0 Å². The normalized spacial score (nSPS) is 8.46. The molecule has 1 aromatic rings. The molecule has 1 rings (SSSR count).